The van der Waals surface area contributed by atoms with E-state index in [0.29, 0.717) is 21.5 Å². The van der Waals surface area contributed by atoms with Crippen molar-refractivity contribution in [3.8, 4) is 0 Å². The van der Waals surface area contributed by atoms with Crippen LogP contribution in [0.15, 0.2) is 30.5 Å². The monoisotopic (exact) mass is 292 g/mol. The molecule has 0 saturated carbocycles. The van der Waals surface area contributed by atoms with Crippen molar-refractivity contribution < 1.29 is 14.7 Å². The van der Waals surface area contributed by atoms with Crippen molar-refractivity contribution >= 4 is 34.4 Å². The number of halogens is 1. The summed E-state index contributed by atoms with van der Waals surface area (Å²) in [4.78, 5) is 28.4. The molecule has 0 bridgehead atoms. The van der Waals surface area contributed by atoms with Crippen LogP contribution in [0.1, 0.15) is 18.5 Å². The summed E-state index contributed by atoms with van der Waals surface area (Å²) < 4.78 is 0. The number of rotatable bonds is 3. The molecule has 1 atom stereocenters. The van der Waals surface area contributed by atoms with Gasteiger partial charge >= 0.3 is 5.97 Å². The zero-order chi connectivity index (χ0) is 14.9. The van der Waals surface area contributed by atoms with Crippen molar-refractivity contribution in [1.82, 2.24) is 9.88 Å². The largest absolute Gasteiger partial charge is 0.479 e. The summed E-state index contributed by atoms with van der Waals surface area (Å²) in [5.74, 6) is -1.45. The lowest BCUT2D eigenvalue weighted by Gasteiger charge is -2.24. The van der Waals surface area contributed by atoms with Crippen LogP contribution in [-0.2, 0) is 9.59 Å². The number of hydrogen-bond acceptors (Lipinski definition) is 3. The molecular weight excluding hydrogens is 280 g/mol. The molecule has 0 fully saturated rings. The maximum atomic E-state index is 11.5. The Labute approximate surface area is 120 Å². The van der Waals surface area contributed by atoms with Crippen LogP contribution in [0.5, 0.6) is 0 Å². The molecule has 0 saturated heterocycles. The number of benzene rings is 1. The summed E-state index contributed by atoms with van der Waals surface area (Å²) in [6.07, 6.45) is 1.56. The minimum atomic E-state index is -1.11. The highest BCUT2D eigenvalue weighted by atomic mass is 35.5. The standard InChI is InChI=1S/C14H13ClN2O3/c1-8(18)17(2)13(14(19)20)10-5-6-11(15)9-4-3-7-16-12(9)10/h3-7,13H,1-2H3,(H,19,20). The molecule has 0 aliphatic rings. The number of carboxylic acid groups (broad SMARTS) is 1. The van der Waals surface area contributed by atoms with Gasteiger partial charge in [0.05, 0.1) is 5.52 Å². The predicted molar refractivity (Wildman–Crippen MR) is 75.6 cm³/mol. The van der Waals surface area contributed by atoms with E-state index in [4.69, 9.17) is 11.6 Å². The van der Waals surface area contributed by atoms with Crippen LogP contribution in [0, 0.1) is 0 Å². The van der Waals surface area contributed by atoms with Gasteiger partial charge in [-0.05, 0) is 18.2 Å². The fraction of sp³-hybridized carbons (Fsp3) is 0.214. The Kier molecular flexibility index (Phi) is 3.90. The Bertz CT molecular complexity index is 687. The van der Waals surface area contributed by atoms with E-state index < -0.39 is 12.0 Å². The average molecular weight is 293 g/mol. The number of likely N-dealkylation sites (N-methyl/N-ethyl adjacent to an activating group) is 1. The Balaban J connectivity index is 2.69. The molecule has 0 spiro atoms. The minimum Gasteiger partial charge on any atom is -0.479 e. The third kappa shape index (κ3) is 2.44. The second-order valence-electron chi connectivity index (χ2n) is 4.41. The van der Waals surface area contributed by atoms with Gasteiger partial charge in [-0.15, -0.1) is 0 Å². The van der Waals surface area contributed by atoms with Gasteiger partial charge in [0, 0.05) is 36.1 Å². The summed E-state index contributed by atoms with van der Waals surface area (Å²) in [6, 6.07) is 5.60. The van der Waals surface area contributed by atoms with Gasteiger partial charge in [-0.25, -0.2) is 4.79 Å². The Morgan fingerprint density at radius 1 is 1.35 bits per heavy atom. The lowest BCUT2D eigenvalue weighted by atomic mass is 10.0. The number of carboxylic acids is 1. The third-order valence-electron chi connectivity index (χ3n) is 3.16. The van der Waals surface area contributed by atoms with Crippen molar-refractivity contribution in [2.24, 2.45) is 0 Å². The van der Waals surface area contributed by atoms with E-state index in [9.17, 15) is 14.7 Å². The number of aliphatic carboxylic acids is 1. The Hall–Kier alpha value is -2.14. The summed E-state index contributed by atoms with van der Waals surface area (Å²) in [6.45, 7) is 1.32. The molecular formula is C14H13ClN2O3. The van der Waals surface area contributed by atoms with E-state index in [-0.39, 0.29) is 5.91 Å². The first-order valence-corrected chi connectivity index (χ1v) is 6.30. The highest BCUT2D eigenvalue weighted by Gasteiger charge is 2.28. The summed E-state index contributed by atoms with van der Waals surface area (Å²) >= 11 is 6.09. The van der Waals surface area contributed by atoms with Crippen molar-refractivity contribution in [2.75, 3.05) is 7.05 Å². The molecule has 2 rings (SSSR count). The molecule has 0 aliphatic heterocycles. The topological polar surface area (TPSA) is 70.5 Å². The number of amides is 1. The van der Waals surface area contributed by atoms with Crippen LogP contribution in [0.4, 0.5) is 0 Å². The van der Waals surface area contributed by atoms with Crippen LogP contribution in [-0.4, -0.2) is 33.9 Å². The fourth-order valence-electron chi connectivity index (χ4n) is 2.07. The molecule has 1 unspecified atom stereocenters. The first kappa shape index (κ1) is 14.3. The zero-order valence-electron chi connectivity index (χ0n) is 11.0. The molecule has 20 heavy (non-hydrogen) atoms. The van der Waals surface area contributed by atoms with Crippen molar-refractivity contribution in [3.05, 3.63) is 41.0 Å². The molecule has 6 heteroatoms. The molecule has 1 heterocycles. The predicted octanol–water partition coefficient (Wildman–Crippen LogP) is 2.49. The molecule has 1 aromatic carbocycles. The quantitative estimate of drug-likeness (QED) is 0.943. The van der Waals surface area contributed by atoms with Crippen LogP contribution in [0.25, 0.3) is 10.9 Å². The van der Waals surface area contributed by atoms with E-state index in [0.717, 1.165) is 0 Å². The van der Waals surface area contributed by atoms with E-state index >= 15 is 0 Å². The Morgan fingerprint density at radius 2 is 2.05 bits per heavy atom. The summed E-state index contributed by atoms with van der Waals surface area (Å²) in [7, 11) is 1.45. The average Bonchev–Trinajstić information content (AvgIpc) is 2.41. The smallest absolute Gasteiger partial charge is 0.331 e. The molecule has 5 nitrogen and oxygen atoms in total. The van der Waals surface area contributed by atoms with Gasteiger partial charge in [-0.2, -0.15) is 0 Å². The van der Waals surface area contributed by atoms with Crippen molar-refractivity contribution in [2.45, 2.75) is 13.0 Å². The van der Waals surface area contributed by atoms with Gasteiger partial charge in [0.25, 0.3) is 0 Å². The van der Waals surface area contributed by atoms with E-state index in [1.807, 2.05) is 0 Å². The second-order valence-corrected chi connectivity index (χ2v) is 4.81. The van der Waals surface area contributed by atoms with Gasteiger partial charge in [0.15, 0.2) is 6.04 Å². The van der Waals surface area contributed by atoms with Gasteiger partial charge in [0.2, 0.25) is 5.91 Å². The Morgan fingerprint density at radius 3 is 2.65 bits per heavy atom. The van der Waals surface area contributed by atoms with Gasteiger partial charge < -0.3 is 10.0 Å². The number of pyridine rings is 1. The first-order valence-electron chi connectivity index (χ1n) is 5.93. The molecule has 1 aromatic heterocycles. The van der Waals surface area contributed by atoms with Crippen LogP contribution >= 0.6 is 11.6 Å². The number of aromatic nitrogens is 1. The van der Waals surface area contributed by atoms with Crippen LogP contribution < -0.4 is 0 Å². The van der Waals surface area contributed by atoms with Gasteiger partial charge in [-0.3, -0.25) is 9.78 Å². The maximum Gasteiger partial charge on any atom is 0.331 e. The third-order valence-corrected chi connectivity index (χ3v) is 3.49. The summed E-state index contributed by atoms with van der Waals surface area (Å²) in [5, 5.41) is 10.6. The highest BCUT2D eigenvalue weighted by Crippen LogP contribution is 2.31. The van der Waals surface area contributed by atoms with Crippen molar-refractivity contribution in [1.29, 1.82) is 0 Å². The molecule has 0 radical (unpaired) electrons. The number of carbonyl (C=O) groups excluding carboxylic acids is 1. The van der Waals surface area contributed by atoms with Gasteiger partial charge in [0.1, 0.15) is 0 Å². The molecule has 1 N–H and O–H groups in total. The second kappa shape index (κ2) is 5.46. The highest BCUT2D eigenvalue weighted by molar-refractivity contribution is 6.35. The maximum absolute atomic E-state index is 11.5. The lowest BCUT2D eigenvalue weighted by Crippen LogP contribution is -2.34. The van der Waals surface area contributed by atoms with Crippen LogP contribution in [0.2, 0.25) is 5.02 Å². The normalized spacial score (nSPS) is 12.2. The summed E-state index contributed by atoms with van der Waals surface area (Å²) in [5.41, 5.74) is 0.927. The minimum absolute atomic E-state index is 0.337. The molecule has 104 valence electrons. The van der Waals surface area contributed by atoms with E-state index in [1.165, 1.54) is 18.9 Å². The van der Waals surface area contributed by atoms with Crippen molar-refractivity contribution in [3.63, 3.8) is 0 Å². The number of fused-ring (bicyclic) bond motifs is 1. The number of hydrogen-bond donors (Lipinski definition) is 1. The number of carbonyl (C=O) groups is 2. The number of nitrogens with zero attached hydrogens (tertiary/aromatic N) is 2. The molecule has 2 aromatic rings. The van der Waals surface area contributed by atoms with E-state index in [1.54, 1.807) is 30.5 Å². The SMILES string of the molecule is CC(=O)N(C)C(C(=O)O)c1ccc(Cl)c2cccnc12. The molecule has 0 aliphatic carbocycles. The first-order chi connectivity index (χ1) is 9.43. The fourth-order valence-corrected chi connectivity index (χ4v) is 2.28. The molecule has 1 amide bonds. The zero-order valence-corrected chi connectivity index (χ0v) is 11.8. The lowest BCUT2D eigenvalue weighted by molar-refractivity contribution is -0.148. The van der Waals surface area contributed by atoms with E-state index in [2.05, 4.69) is 4.98 Å². The van der Waals surface area contributed by atoms with Crippen LogP contribution in [0.3, 0.4) is 0 Å². The van der Waals surface area contributed by atoms with Gasteiger partial charge in [-0.1, -0.05) is 17.7 Å².